The lowest BCUT2D eigenvalue weighted by Gasteiger charge is -2.31. The standard InChI is InChI=1S/C11H27N3O2S/c1-7-14(10(2)9-13(5)6)17(15,16)11(3)8-12-4/h10-12H,7-9H2,1-6H3. The molecule has 0 saturated carbocycles. The summed E-state index contributed by atoms with van der Waals surface area (Å²) in [6.07, 6.45) is 0. The zero-order chi connectivity index (χ0) is 13.6. The molecule has 0 heterocycles. The van der Waals surface area contributed by atoms with E-state index in [1.807, 2.05) is 32.8 Å². The summed E-state index contributed by atoms with van der Waals surface area (Å²) in [6, 6.07) is -0.000642. The maximum absolute atomic E-state index is 12.3. The molecule has 104 valence electrons. The highest BCUT2D eigenvalue weighted by molar-refractivity contribution is 7.89. The highest BCUT2D eigenvalue weighted by Gasteiger charge is 2.30. The number of hydrogen-bond acceptors (Lipinski definition) is 4. The molecule has 0 aromatic rings. The summed E-state index contributed by atoms with van der Waals surface area (Å²) in [4.78, 5) is 2.01. The van der Waals surface area contributed by atoms with Crippen LogP contribution in [0.4, 0.5) is 0 Å². The monoisotopic (exact) mass is 265 g/mol. The molecule has 0 rings (SSSR count). The summed E-state index contributed by atoms with van der Waals surface area (Å²) in [5.41, 5.74) is 0. The number of rotatable bonds is 8. The Balaban J connectivity index is 4.85. The second-order valence-corrected chi connectivity index (χ2v) is 7.03. The fourth-order valence-electron chi connectivity index (χ4n) is 1.99. The molecule has 6 heteroatoms. The van der Waals surface area contributed by atoms with Crippen LogP contribution in [0.25, 0.3) is 0 Å². The minimum absolute atomic E-state index is 0.000642. The first kappa shape index (κ1) is 16.8. The van der Waals surface area contributed by atoms with Crippen LogP contribution in [0.2, 0.25) is 0 Å². The highest BCUT2D eigenvalue weighted by Crippen LogP contribution is 2.13. The molecular formula is C11H27N3O2S. The molecule has 5 nitrogen and oxygen atoms in total. The molecule has 2 unspecified atom stereocenters. The minimum Gasteiger partial charge on any atom is -0.318 e. The smallest absolute Gasteiger partial charge is 0.218 e. The third kappa shape index (κ3) is 4.91. The van der Waals surface area contributed by atoms with Gasteiger partial charge in [0.05, 0.1) is 5.25 Å². The van der Waals surface area contributed by atoms with Gasteiger partial charge in [-0.15, -0.1) is 0 Å². The van der Waals surface area contributed by atoms with Gasteiger partial charge >= 0.3 is 0 Å². The Labute approximate surface area is 106 Å². The second-order valence-electron chi connectivity index (χ2n) is 4.73. The molecule has 0 radical (unpaired) electrons. The van der Waals surface area contributed by atoms with Gasteiger partial charge in [0.25, 0.3) is 0 Å². The van der Waals surface area contributed by atoms with Crippen LogP contribution < -0.4 is 5.32 Å². The quantitative estimate of drug-likeness (QED) is 0.681. The Hall–Kier alpha value is -0.170. The van der Waals surface area contributed by atoms with E-state index < -0.39 is 15.3 Å². The van der Waals surface area contributed by atoms with E-state index in [9.17, 15) is 8.42 Å². The van der Waals surface area contributed by atoms with Gasteiger partial charge in [0.2, 0.25) is 10.0 Å². The van der Waals surface area contributed by atoms with Crippen LogP contribution in [-0.4, -0.2) is 69.7 Å². The molecule has 0 aromatic carbocycles. The molecular weight excluding hydrogens is 238 g/mol. The van der Waals surface area contributed by atoms with Crippen LogP contribution in [-0.2, 0) is 10.0 Å². The molecule has 1 N–H and O–H groups in total. The van der Waals surface area contributed by atoms with Gasteiger partial charge in [0.1, 0.15) is 0 Å². The Bertz CT molecular complexity index is 304. The van der Waals surface area contributed by atoms with Crippen molar-refractivity contribution in [3.8, 4) is 0 Å². The van der Waals surface area contributed by atoms with Gasteiger partial charge in [-0.2, -0.15) is 4.31 Å². The fourth-order valence-corrected chi connectivity index (χ4v) is 3.75. The van der Waals surface area contributed by atoms with E-state index in [0.29, 0.717) is 13.1 Å². The molecule has 0 aliphatic rings. The predicted molar refractivity (Wildman–Crippen MR) is 72.7 cm³/mol. The Morgan fingerprint density at radius 1 is 1.24 bits per heavy atom. The van der Waals surface area contributed by atoms with Crippen molar-refractivity contribution in [1.82, 2.24) is 14.5 Å². The van der Waals surface area contributed by atoms with Crippen molar-refractivity contribution >= 4 is 10.0 Å². The summed E-state index contributed by atoms with van der Waals surface area (Å²) >= 11 is 0. The third-order valence-electron chi connectivity index (χ3n) is 2.76. The van der Waals surface area contributed by atoms with E-state index in [1.165, 1.54) is 0 Å². The van der Waals surface area contributed by atoms with Gasteiger partial charge in [-0.1, -0.05) is 6.92 Å². The molecule has 2 atom stereocenters. The van der Waals surface area contributed by atoms with E-state index >= 15 is 0 Å². The van der Waals surface area contributed by atoms with E-state index in [-0.39, 0.29) is 6.04 Å². The van der Waals surface area contributed by atoms with Crippen LogP contribution in [0.15, 0.2) is 0 Å². The average molecular weight is 265 g/mol. The van der Waals surface area contributed by atoms with Gasteiger partial charge in [-0.05, 0) is 35.0 Å². The summed E-state index contributed by atoms with van der Waals surface area (Å²) in [7, 11) is 2.46. The van der Waals surface area contributed by atoms with Crippen LogP contribution in [0.1, 0.15) is 20.8 Å². The SMILES string of the molecule is CCN(C(C)CN(C)C)S(=O)(=O)C(C)CNC. The van der Waals surface area contributed by atoms with Gasteiger partial charge < -0.3 is 10.2 Å². The molecule has 0 bridgehead atoms. The molecule has 0 aliphatic heterocycles. The van der Waals surface area contributed by atoms with E-state index in [1.54, 1.807) is 18.3 Å². The van der Waals surface area contributed by atoms with Crippen LogP contribution in [0.5, 0.6) is 0 Å². The Morgan fingerprint density at radius 2 is 1.76 bits per heavy atom. The maximum atomic E-state index is 12.3. The zero-order valence-electron chi connectivity index (χ0n) is 11.9. The number of sulfonamides is 1. The first-order chi connectivity index (χ1) is 7.77. The van der Waals surface area contributed by atoms with E-state index in [4.69, 9.17) is 0 Å². The third-order valence-corrected chi connectivity index (χ3v) is 5.22. The number of hydrogen-bond donors (Lipinski definition) is 1. The lowest BCUT2D eigenvalue weighted by Crippen LogP contribution is -2.48. The predicted octanol–water partition coefficient (Wildman–Crippen LogP) is 0.196. The van der Waals surface area contributed by atoms with Crippen molar-refractivity contribution < 1.29 is 8.42 Å². The summed E-state index contributed by atoms with van der Waals surface area (Å²) in [5.74, 6) is 0. The average Bonchev–Trinajstić information content (AvgIpc) is 2.17. The zero-order valence-corrected chi connectivity index (χ0v) is 12.7. The lowest BCUT2D eigenvalue weighted by molar-refractivity contribution is 0.269. The molecule has 17 heavy (non-hydrogen) atoms. The number of nitrogens with zero attached hydrogens (tertiary/aromatic N) is 2. The molecule has 0 fully saturated rings. The van der Waals surface area contributed by atoms with Crippen LogP contribution >= 0.6 is 0 Å². The van der Waals surface area contributed by atoms with E-state index in [2.05, 4.69) is 5.32 Å². The number of likely N-dealkylation sites (N-methyl/N-ethyl adjacent to an activating group) is 2. The summed E-state index contributed by atoms with van der Waals surface area (Å²) in [6.45, 7) is 7.32. The van der Waals surface area contributed by atoms with Crippen LogP contribution in [0.3, 0.4) is 0 Å². The number of nitrogens with one attached hydrogen (secondary N) is 1. The normalized spacial score (nSPS) is 16.5. The summed E-state index contributed by atoms with van der Waals surface area (Å²) < 4.78 is 26.3. The molecule has 0 amide bonds. The van der Waals surface area contributed by atoms with Crippen molar-refractivity contribution in [3.63, 3.8) is 0 Å². The fraction of sp³-hybridized carbons (Fsp3) is 1.00. The van der Waals surface area contributed by atoms with Gasteiger partial charge in [0.15, 0.2) is 0 Å². The summed E-state index contributed by atoms with van der Waals surface area (Å²) in [5, 5.41) is 2.52. The highest BCUT2D eigenvalue weighted by atomic mass is 32.2. The Morgan fingerprint density at radius 3 is 2.12 bits per heavy atom. The van der Waals surface area contributed by atoms with Crippen molar-refractivity contribution in [2.45, 2.75) is 32.1 Å². The van der Waals surface area contributed by atoms with Crippen molar-refractivity contribution in [3.05, 3.63) is 0 Å². The van der Waals surface area contributed by atoms with Crippen molar-refractivity contribution in [2.75, 3.05) is 40.8 Å². The second kappa shape index (κ2) is 7.31. The van der Waals surface area contributed by atoms with Gasteiger partial charge in [-0.25, -0.2) is 8.42 Å². The van der Waals surface area contributed by atoms with Crippen molar-refractivity contribution in [1.29, 1.82) is 0 Å². The first-order valence-electron chi connectivity index (χ1n) is 6.07. The van der Waals surface area contributed by atoms with Gasteiger partial charge in [0, 0.05) is 25.7 Å². The molecule has 0 spiro atoms. The molecule has 0 aromatic heterocycles. The largest absolute Gasteiger partial charge is 0.318 e. The van der Waals surface area contributed by atoms with Crippen molar-refractivity contribution in [2.24, 2.45) is 0 Å². The molecule has 0 saturated heterocycles. The maximum Gasteiger partial charge on any atom is 0.218 e. The first-order valence-corrected chi connectivity index (χ1v) is 7.57. The lowest BCUT2D eigenvalue weighted by atomic mass is 10.3. The van der Waals surface area contributed by atoms with E-state index in [0.717, 1.165) is 6.54 Å². The Kier molecular flexibility index (Phi) is 7.23. The molecule has 0 aliphatic carbocycles. The minimum atomic E-state index is -3.21. The topological polar surface area (TPSA) is 52.7 Å². The van der Waals surface area contributed by atoms with Gasteiger partial charge in [-0.3, -0.25) is 0 Å². The van der Waals surface area contributed by atoms with Crippen LogP contribution in [0, 0.1) is 0 Å².